The summed E-state index contributed by atoms with van der Waals surface area (Å²) in [6.45, 7) is 4.49. The Morgan fingerprint density at radius 3 is 2.68 bits per heavy atom. The topological polar surface area (TPSA) is 115 Å². The molecule has 1 aliphatic rings. The third-order valence-corrected chi connectivity index (χ3v) is 4.19. The van der Waals surface area contributed by atoms with Gasteiger partial charge in [-0.05, 0) is 18.1 Å². The van der Waals surface area contributed by atoms with Gasteiger partial charge in [0.25, 0.3) is 0 Å². The number of aliphatic imine (C=N–C) groups is 1. The number of carbonyl (C=O) groups is 3. The zero-order chi connectivity index (χ0) is 18.3. The second-order valence-corrected chi connectivity index (χ2v) is 6.55. The Bertz CT molecular complexity index is 937. The molecule has 0 radical (unpaired) electrons. The van der Waals surface area contributed by atoms with E-state index < -0.39 is 11.9 Å². The molecule has 130 valence electrons. The summed E-state index contributed by atoms with van der Waals surface area (Å²) < 4.78 is 1.89. The summed E-state index contributed by atoms with van der Waals surface area (Å²) in [5.41, 5.74) is 7.67. The monoisotopic (exact) mass is 341 g/mol. The summed E-state index contributed by atoms with van der Waals surface area (Å²) in [5.74, 6) is -1.62. The molecule has 0 bridgehead atoms. The van der Waals surface area contributed by atoms with Gasteiger partial charge in [-0.15, -0.1) is 0 Å². The molecule has 0 atom stereocenters. The number of ketones is 1. The van der Waals surface area contributed by atoms with Crippen molar-refractivity contribution in [3.05, 3.63) is 35.0 Å². The Morgan fingerprint density at radius 2 is 2.08 bits per heavy atom. The molecule has 2 aromatic rings. The van der Waals surface area contributed by atoms with Crippen LogP contribution in [-0.2, 0) is 11.3 Å². The van der Waals surface area contributed by atoms with Gasteiger partial charge >= 0.3 is 5.97 Å². The highest BCUT2D eigenvalue weighted by Gasteiger charge is 2.31. The number of Topliss-reactive ketones (excluding diaryl/α,β-unsaturated/α-hetero) is 1. The smallest absolute Gasteiger partial charge is 0.309 e. The minimum Gasteiger partial charge on any atom is -0.481 e. The molecular formula is C18H19N3O4. The molecule has 0 fully saturated rings. The van der Waals surface area contributed by atoms with Crippen LogP contribution >= 0.6 is 0 Å². The third-order valence-electron chi connectivity index (χ3n) is 4.19. The number of carbonyl (C=O) groups excluding carboxylic acids is 2. The molecule has 1 aromatic heterocycles. The number of hydrogen-bond acceptors (Lipinski definition) is 4. The van der Waals surface area contributed by atoms with Crippen molar-refractivity contribution < 1.29 is 19.5 Å². The normalized spacial score (nSPS) is 13.9. The van der Waals surface area contributed by atoms with E-state index in [-0.39, 0.29) is 30.2 Å². The molecule has 1 aromatic carbocycles. The highest BCUT2D eigenvalue weighted by molar-refractivity contribution is 6.26. The molecule has 0 saturated carbocycles. The van der Waals surface area contributed by atoms with Crippen molar-refractivity contribution in [2.75, 3.05) is 6.54 Å². The highest BCUT2D eigenvalue weighted by Crippen LogP contribution is 2.33. The van der Waals surface area contributed by atoms with Crippen LogP contribution < -0.4 is 5.73 Å². The predicted octanol–water partition coefficient (Wildman–Crippen LogP) is 1.86. The Labute approximate surface area is 144 Å². The summed E-state index contributed by atoms with van der Waals surface area (Å²) in [7, 11) is 0. The molecule has 3 rings (SSSR count). The number of nitrogens with two attached hydrogens (primary N) is 1. The quantitative estimate of drug-likeness (QED) is 0.863. The molecule has 25 heavy (non-hydrogen) atoms. The fourth-order valence-electron chi connectivity index (χ4n) is 3.34. The number of rotatable bonds is 5. The van der Waals surface area contributed by atoms with E-state index in [1.165, 1.54) is 0 Å². The van der Waals surface area contributed by atoms with Gasteiger partial charge < -0.3 is 15.4 Å². The average molecular weight is 341 g/mol. The Balaban J connectivity index is 2.42. The van der Waals surface area contributed by atoms with E-state index in [2.05, 4.69) is 4.99 Å². The summed E-state index contributed by atoms with van der Waals surface area (Å²) in [5, 5.41) is 9.69. The highest BCUT2D eigenvalue weighted by atomic mass is 16.4. The molecule has 7 nitrogen and oxygen atoms in total. The molecule has 3 N–H and O–H groups in total. The number of carboxylic acids is 1. The Kier molecular flexibility index (Phi) is 4.16. The molecule has 7 heteroatoms. The first-order chi connectivity index (χ1) is 11.8. The second-order valence-electron chi connectivity index (χ2n) is 6.55. The molecule has 0 saturated heterocycles. The lowest BCUT2D eigenvalue weighted by Crippen LogP contribution is -2.24. The summed E-state index contributed by atoms with van der Waals surface area (Å²) in [4.78, 5) is 39.9. The predicted molar refractivity (Wildman–Crippen MR) is 93.3 cm³/mol. The van der Waals surface area contributed by atoms with Gasteiger partial charge in [0.2, 0.25) is 5.91 Å². The van der Waals surface area contributed by atoms with Gasteiger partial charge in [0.05, 0.1) is 28.9 Å². The van der Waals surface area contributed by atoms with Crippen LogP contribution in [0.3, 0.4) is 0 Å². The van der Waals surface area contributed by atoms with Crippen LogP contribution in [0.1, 0.15) is 46.7 Å². The molecule has 1 amide bonds. The van der Waals surface area contributed by atoms with Crippen molar-refractivity contribution in [3.63, 3.8) is 0 Å². The van der Waals surface area contributed by atoms with E-state index in [0.717, 1.165) is 0 Å². The first kappa shape index (κ1) is 16.9. The molecule has 2 heterocycles. The summed E-state index contributed by atoms with van der Waals surface area (Å²) >= 11 is 0. The van der Waals surface area contributed by atoms with Gasteiger partial charge in [-0.2, -0.15) is 0 Å². The van der Waals surface area contributed by atoms with Crippen molar-refractivity contribution in [2.45, 2.75) is 26.8 Å². The maximum absolute atomic E-state index is 12.6. The minimum atomic E-state index is -1.02. The number of aliphatic carboxylic acids is 1. The maximum Gasteiger partial charge on any atom is 0.309 e. The lowest BCUT2D eigenvalue weighted by atomic mass is 9.96. The van der Waals surface area contributed by atoms with Crippen molar-refractivity contribution in [2.24, 2.45) is 16.6 Å². The largest absolute Gasteiger partial charge is 0.481 e. The SMILES string of the molecule is CC(C)Cn1c2c(c3c(C(N)=O)cccc31)C(=O)CN=C2CC(=O)O. The fourth-order valence-corrected chi connectivity index (χ4v) is 3.34. The van der Waals surface area contributed by atoms with E-state index in [0.29, 0.717) is 34.4 Å². The van der Waals surface area contributed by atoms with Crippen molar-refractivity contribution in [1.82, 2.24) is 4.57 Å². The van der Waals surface area contributed by atoms with Crippen LogP contribution in [0.2, 0.25) is 0 Å². The van der Waals surface area contributed by atoms with Gasteiger partial charge in [0.15, 0.2) is 5.78 Å². The Hall–Kier alpha value is -2.96. The second kappa shape index (κ2) is 6.16. The number of amides is 1. The van der Waals surface area contributed by atoms with Crippen LogP contribution in [-0.4, -0.2) is 39.6 Å². The summed E-state index contributed by atoms with van der Waals surface area (Å²) in [6, 6.07) is 5.11. The fraction of sp³-hybridized carbons (Fsp3) is 0.333. The van der Waals surface area contributed by atoms with Gasteiger partial charge in [0, 0.05) is 17.5 Å². The number of nitrogens with zero attached hydrogens (tertiary/aromatic N) is 2. The minimum absolute atomic E-state index is 0.122. The van der Waals surface area contributed by atoms with Crippen LogP contribution in [0.25, 0.3) is 10.9 Å². The van der Waals surface area contributed by atoms with Crippen LogP contribution in [0.4, 0.5) is 0 Å². The number of fused-ring (bicyclic) bond motifs is 3. The lowest BCUT2D eigenvalue weighted by molar-refractivity contribution is -0.135. The lowest BCUT2D eigenvalue weighted by Gasteiger charge is -2.17. The molecule has 0 unspecified atom stereocenters. The van der Waals surface area contributed by atoms with E-state index in [1.807, 2.05) is 24.5 Å². The first-order valence-corrected chi connectivity index (χ1v) is 8.05. The number of hydrogen-bond donors (Lipinski definition) is 2. The molecule has 0 aliphatic carbocycles. The van der Waals surface area contributed by atoms with Gasteiger partial charge in [-0.1, -0.05) is 19.9 Å². The van der Waals surface area contributed by atoms with Crippen LogP contribution in [0.5, 0.6) is 0 Å². The zero-order valence-corrected chi connectivity index (χ0v) is 14.1. The zero-order valence-electron chi connectivity index (χ0n) is 14.1. The average Bonchev–Trinajstić information content (AvgIpc) is 2.85. The van der Waals surface area contributed by atoms with E-state index in [4.69, 9.17) is 5.73 Å². The standard InChI is InChI=1S/C18H19N3O4/c1-9(2)8-21-12-5-3-4-10(18(19)25)15(12)16-13(22)7-20-11(17(16)21)6-14(23)24/h3-5,9H,6-8H2,1-2H3,(H2,19,25)(H,23,24). The molecular weight excluding hydrogens is 322 g/mol. The number of benzene rings is 1. The molecule has 0 spiro atoms. The summed E-state index contributed by atoms with van der Waals surface area (Å²) in [6.07, 6.45) is -0.277. The van der Waals surface area contributed by atoms with E-state index >= 15 is 0 Å². The van der Waals surface area contributed by atoms with Gasteiger partial charge in [0.1, 0.15) is 6.54 Å². The van der Waals surface area contributed by atoms with Crippen molar-refractivity contribution in [1.29, 1.82) is 0 Å². The van der Waals surface area contributed by atoms with Crippen molar-refractivity contribution >= 4 is 34.3 Å². The number of carboxylic acid groups (broad SMARTS) is 1. The van der Waals surface area contributed by atoms with Gasteiger partial charge in [-0.3, -0.25) is 19.4 Å². The maximum atomic E-state index is 12.6. The molecule has 1 aliphatic heterocycles. The first-order valence-electron chi connectivity index (χ1n) is 8.05. The van der Waals surface area contributed by atoms with Crippen LogP contribution in [0, 0.1) is 5.92 Å². The number of primary amides is 1. The Morgan fingerprint density at radius 1 is 1.36 bits per heavy atom. The van der Waals surface area contributed by atoms with Crippen molar-refractivity contribution in [3.8, 4) is 0 Å². The van der Waals surface area contributed by atoms with E-state index in [1.54, 1.807) is 12.1 Å². The van der Waals surface area contributed by atoms with E-state index in [9.17, 15) is 19.5 Å². The van der Waals surface area contributed by atoms with Gasteiger partial charge in [-0.25, -0.2) is 0 Å². The third kappa shape index (κ3) is 2.82. The van der Waals surface area contributed by atoms with Crippen LogP contribution in [0.15, 0.2) is 23.2 Å². The number of aromatic nitrogens is 1.